The predicted molar refractivity (Wildman–Crippen MR) is 82.5 cm³/mol. The van der Waals surface area contributed by atoms with E-state index in [0.29, 0.717) is 23.5 Å². The Balaban J connectivity index is 2.10. The first-order valence-electron chi connectivity index (χ1n) is 7.32. The first kappa shape index (κ1) is 16.6. The summed E-state index contributed by atoms with van der Waals surface area (Å²) in [6, 6.07) is 7.72. The molecule has 0 aromatic heterocycles. The van der Waals surface area contributed by atoms with Crippen LogP contribution in [-0.2, 0) is 9.59 Å². The maximum absolute atomic E-state index is 12.1. The Hall–Kier alpha value is -2.81. The van der Waals surface area contributed by atoms with Crippen LogP contribution in [0, 0.1) is 17.2 Å². The average molecular weight is 314 g/mol. The van der Waals surface area contributed by atoms with E-state index >= 15 is 0 Å². The van der Waals surface area contributed by atoms with Crippen molar-refractivity contribution in [3.05, 3.63) is 41.7 Å². The van der Waals surface area contributed by atoms with E-state index in [4.69, 9.17) is 10.00 Å². The number of rotatable bonds is 6. The van der Waals surface area contributed by atoms with Crippen LogP contribution in [0.4, 0.5) is 0 Å². The Morgan fingerprint density at radius 3 is 2.83 bits per heavy atom. The highest BCUT2D eigenvalue weighted by Gasteiger charge is 2.34. The van der Waals surface area contributed by atoms with Crippen LogP contribution in [0.2, 0.25) is 0 Å². The van der Waals surface area contributed by atoms with Crippen molar-refractivity contribution in [2.75, 3.05) is 6.54 Å². The van der Waals surface area contributed by atoms with E-state index in [9.17, 15) is 14.7 Å². The third-order valence-corrected chi connectivity index (χ3v) is 3.46. The minimum Gasteiger partial charge on any atom is -0.480 e. The van der Waals surface area contributed by atoms with E-state index < -0.39 is 12.0 Å². The fourth-order valence-electron chi connectivity index (χ4n) is 2.43. The van der Waals surface area contributed by atoms with E-state index in [0.717, 1.165) is 0 Å². The fourth-order valence-corrected chi connectivity index (χ4v) is 2.43. The van der Waals surface area contributed by atoms with Gasteiger partial charge in [0.2, 0.25) is 0 Å². The summed E-state index contributed by atoms with van der Waals surface area (Å²) in [5, 5.41) is 18.2. The van der Waals surface area contributed by atoms with Gasteiger partial charge in [0.1, 0.15) is 17.6 Å². The quantitative estimate of drug-likeness (QED) is 0.869. The van der Waals surface area contributed by atoms with Crippen LogP contribution in [0.5, 0.6) is 5.75 Å². The first-order chi connectivity index (χ1) is 10.9. The van der Waals surface area contributed by atoms with Crippen LogP contribution in [-0.4, -0.2) is 34.5 Å². The number of aliphatic carboxylic acids is 1. The average Bonchev–Trinajstić information content (AvgIpc) is 2.84. The maximum atomic E-state index is 12.1. The van der Waals surface area contributed by atoms with Gasteiger partial charge in [0.25, 0.3) is 5.91 Å². The zero-order valence-corrected chi connectivity index (χ0v) is 13.0. The Morgan fingerprint density at radius 1 is 1.48 bits per heavy atom. The molecule has 1 aliphatic heterocycles. The lowest BCUT2D eigenvalue weighted by Gasteiger charge is -2.25. The summed E-state index contributed by atoms with van der Waals surface area (Å²) in [5.74, 6) is -0.417. The van der Waals surface area contributed by atoms with Gasteiger partial charge in [-0.15, -0.1) is 0 Å². The third-order valence-electron chi connectivity index (χ3n) is 3.46. The number of carbonyl (C=O) groups is 2. The van der Waals surface area contributed by atoms with Crippen LogP contribution >= 0.6 is 0 Å². The minimum atomic E-state index is -1.02. The molecule has 0 spiro atoms. The summed E-state index contributed by atoms with van der Waals surface area (Å²) in [6.45, 7) is 3.93. The molecule has 0 radical (unpaired) electrons. The smallest absolute Gasteiger partial charge is 0.326 e. The van der Waals surface area contributed by atoms with Gasteiger partial charge in [-0.1, -0.05) is 19.9 Å². The number of amides is 1. The molecule has 1 atom stereocenters. The summed E-state index contributed by atoms with van der Waals surface area (Å²) in [6.07, 6.45) is 1.68. The van der Waals surface area contributed by atoms with Crippen molar-refractivity contribution in [1.29, 1.82) is 5.26 Å². The summed E-state index contributed by atoms with van der Waals surface area (Å²) in [5.41, 5.74) is 0.451. The molecule has 1 unspecified atom stereocenters. The molecule has 23 heavy (non-hydrogen) atoms. The van der Waals surface area contributed by atoms with Gasteiger partial charge in [-0.25, -0.2) is 4.79 Å². The first-order valence-corrected chi connectivity index (χ1v) is 7.32. The molecule has 1 aromatic rings. The van der Waals surface area contributed by atoms with Crippen molar-refractivity contribution in [2.24, 2.45) is 5.92 Å². The van der Waals surface area contributed by atoms with Gasteiger partial charge in [0.15, 0.2) is 0 Å². The molecule has 1 heterocycles. The second kappa shape index (κ2) is 6.97. The minimum absolute atomic E-state index is 0.110. The molecule has 1 amide bonds. The fraction of sp³-hybridized carbons (Fsp3) is 0.353. The predicted octanol–water partition coefficient (Wildman–Crippen LogP) is 2.16. The number of ether oxygens (including phenoxy) is 1. The van der Waals surface area contributed by atoms with Crippen molar-refractivity contribution in [3.63, 3.8) is 0 Å². The largest absolute Gasteiger partial charge is 0.480 e. The number of hydrogen-bond donors (Lipinski definition) is 1. The molecule has 6 heteroatoms. The normalized spacial score (nSPS) is 15.3. The van der Waals surface area contributed by atoms with Crippen molar-refractivity contribution in [1.82, 2.24) is 4.90 Å². The molecule has 120 valence electrons. The molecule has 0 fully saturated rings. The van der Waals surface area contributed by atoms with Crippen molar-refractivity contribution >= 4 is 11.9 Å². The van der Waals surface area contributed by atoms with Gasteiger partial charge in [-0.2, -0.15) is 5.26 Å². The molecule has 0 aliphatic carbocycles. The Morgan fingerprint density at radius 2 is 2.22 bits per heavy atom. The van der Waals surface area contributed by atoms with Gasteiger partial charge in [-0.3, -0.25) is 4.79 Å². The van der Waals surface area contributed by atoms with Gasteiger partial charge in [0.05, 0.1) is 18.2 Å². The summed E-state index contributed by atoms with van der Waals surface area (Å²) in [4.78, 5) is 24.8. The van der Waals surface area contributed by atoms with Crippen LogP contribution in [0.25, 0.3) is 0 Å². The van der Waals surface area contributed by atoms with Crippen LogP contribution < -0.4 is 4.74 Å². The monoisotopic (exact) mass is 314 g/mol. The second-order valence-corrected chi connectivity index (χ2v) is 5.80. The lowest BCUT2D eigenvalue weighted by molar-refractivity contribution is -0.148. The summed E-state index contributed by atoms with van der Waals surface area (Å²) >= 11 is 0. The molecule has 0 bridgehead atoms. The molecule has 0 saturated heterocycles. The van der Waals surface area contributed by atoms with Gasteiger partial charge in [-0.05, 0) is 30.5 Å². The summed E-state index contributed by atoms with van der Waals surface area (Å²) in [7, 11) is 0. The van der Waals surface area contributed by atoms with Crippen LogP contribution in [0.3, 0.4) is 0 Å². The van der Waals surface area contributed by atoms with Crippen molar-refractivity contribution in [3.8, 4) is 11.8 Å². The van der Waals surface area contributed by atoms with Gasteiger partial charge >= 0.3 is 5.97 Å². The SMILES string of the molecule is CC(C)CC(C(=O)O)N1CC(Oc2cccc(C#N)c2)=CC1=O. The highest BCUT2D eigenvalue weighted by molar-refractivity contribution is 5.94. The molecule has 1 N–H and O–H groups in total. The molecule has 1 aromatic carbocycles. The standard InChI is InChI=1S/C17H18N2O4/c1-11(2)6-15(17(21)22)19-10-14(8-16(19)20)23-13-5-3-4-12(7-13)9-18/h3-5,7-8,11,15H,6,10H2,1-2H3,(H,21,22). The number of benzene rings is 1. The zero-order valence-electron chi connectivity index (χ0n) is 13.0. The molecule has 0 saturated carbocycles. The number of carboxylic acid groups (broad SMARTS) is 1. The van der Waals surface area contributed by atoms with E-state index in [-0.39, 0.29) is 18.4 Å². The zero-order chi connectivity index (χ0) is 17.0. The van der Waals surface area contributed by atoms with Gasteiger partial charge < -0.3 is 14.7 Å². The molecule has 6 nitrogen and oxygen atoms in total. The Kier molecular flexibility index (Phi) is 5.02. The topological polar surface area (TPSA) is 90.6 Å². The van der Waals surface area contributed by atoms with E-state index in [2.05, 4.69) is 0 Å². The van der Waals surface area contributed by atoms with Crippen molar-refractivity contribution in [2.45, 2.75) is 26.3 Å². The second-order valence-electron chi connectivity index (χ2n) is 5.80. The number of carbonyl (C=O) groups excluding carboxylic acids is 1. The third kappa shape index (κ3) is 4.10. The van der Waals surface area contributed by atoms with Crippen molar-refractivity contribution < 1.29 is 19.4 Å². The van der Waals surface area contributed by atoms with Crippen LogP contribution in [0.15, 0.2) is 36.1 Å². The number of nitriles is 1. The van der Waals surface area contributed by atoms with Gasteiger partial charge in [0, 0.05) is 6.08 Å². The highest BCUT2D eigenvalue weighted by atomic mass is 16.5. The van der Waals surface area contributed by atoms with Crippen LogP contribution in [0.1, 0.15) is 25.8 Å². The molecule has 1 aliphatic rings. The Labute approximate surface area is 134 Å². The highest BCUT2D eigenvalue weighted by Crippen LogP contribution is 2.23. The molecular weight excluding hydrogens is 296 g/mol. The van der Waals surface area contributed by atoms with E-state index in [1.54, 1.807) is 24.3 Å². The molecular formula is C17H18N2O4. The number of carboxylic acids is 1. The van der Waals surface area contributed by atoms with E-state index in [1.807, 2.05) is 19.9 Å². The lowest BCUT2D eigenvalue weighted by atomic mass is 10.0. The maximum Gasteiger partial charge on any atom is 0.326 e. The number of hydrogen-bond acceptors (Lipinski definition) is 4. The lowest BCUT2D eigenvalue weighted by Crippen LogP contribution is -2.43. The van der Waals surface area contributed by atoms with E-state index in [1.165, 1.54) is 11.0 Å². The molecule has 2 rings (SSSR count). The number of nitrogens with zero attached hydrogens (tertiary/aromatic N) is 2. The summed E-state index contributed by atoms with van der Waals surface area (Å²) < 4.78 is 5.61. The Bertz CT molecular complexity index is 688.